The number of thiophene rings is 1. The van der Waals surface area contributed by atoms with Crippen LogP contribution in [0.1, 0.15) is 0 Å². The minimum absolute atomic E-state index is 0.0133. The summed E-state index contributed by atoms with van der Waals surface area (Å²) in [6.45, 7) is 0. The molecule has 0 atom stereocenters. The minimum Gasteiger partial charge on any atom is -0.453 e. The van der Waals surface area contributed by atoms with E-state index >= 15 is 0 Å². The number of benzene rings is 1. The molecule has 0 N–H and O–H groups in total. The van der Waals surface area contributed by atoms with Gasteiger partial charge in [-0.05, 0) is 23.4 Å². The SMILES string of the molecule is Cn1cncc1-c1cc2nccc(Oc3ccc(N=O)cc3F)c2s1. The van der Waals surface area contributed by atoms with Gasteiger partial charge in [0.25, 0.3) is 0 Å². The summed E-state index contributed by atoms with van der Waals surface area (Å²) in [6.07, 6.45) is 5.11. The van der Waals surface area contributed by atoms with Crippen molar-refractivity contribution < 1.29 is 9.13 Å². The average molecular weight is 354 g/mol. The van der Waals surface area contributed by atoms with E-state index in [1.807, 2.05) is 17.7 Å². The number of nitroso groups, excluding NO2 is 1. The second-order valence-corrected chi connectivity index (χ2v) is 6.38. The van der Waals surface area contributed by atoms with Crippen molar-refractivity contribution in [2.45, 2.75) is 0 Å². The summed E-state index contributed by atoms with van der Waals surface area (Å²) in [7, 11) is 1.91. The zero-order chi connectivity index (χ0) is 17.4. The molecule has 3 heterocycles. The van der Waals surface area contributed by atoms with Gasteiger partial charge in [0.15, 0.2) is 11.6 Å². The molecule has 6 nitrogen and oxygen atoms in total. The Balaban J connectivity index is 1.76. The van der Waals surface area contributed by atoms with Gasteiger partial charge in [0.05, 0.1) is 33.3 Å². The standard InChI is InChI=1S/C17H11FN4O2S/c1-22-9-19-8-13(22)16-7-12-17(25-16)15(4-5-20-12)24-14-3-2-10(21-23)6-11(14)18/h2-9H,1H3. The molecule has 8 heteroatoms. The molecule has 0 aliphatic rings. The number of aromatic nitrogens is 3. The van der Waals surface area contributed by atoms with Crippen LogP contribution in [-0.4, -0.2) is 14.5 Å². The predicted octanol–water partition coefficient (Wildman–Crippen LogP) is 5.03. The lowest BCUT2D eigenvalue weighted by Crippen LogP contribution is -1.88. The third-order valence-corrected chi connectivity index (χ3v) is 4.85. The van der Waals surface area contributed by atoms with Crippen LogP contribution in [0.5, 0.6) is 11.5 Å². The van der Waals surface area contributed by atoms with E-state index in [9.17, 15) is 9.30 Å². The molecule has 124 valence electrons. The molecule has 0 aliphatic heterocycles. The van der Waals surface area contributed by atoms with Gasteiger partial charge in [0, 0.05) is 25.4 Å². The Hall–Kier alpha value is -3.13. The largest absolute Gasteiger partial charge is 0.453 e. The van der Waals surface area contributed by atoms with E-state index in [1.54, 1.807) is 24.8 Å². The Morgan fingerprint density at radius 3 is 2.84 bits per heavy atom. The molecule has 4 aromatic rings. The highest BCUT2D eigenvalue weighted by atomic mass is 32.1. The number of hydrogen-bond donors (Lipinski definition) is 0. The summed E-state index contributed by atoms with van der Waals surface area (Å²) in [4.78, 5) is 19.9. The lowest BCUT2D eigenvalue weighted by molar-refractivity contribution is 0.447. The molecule has 3 aromatic heterocycles. The monoisotopic (exact) mass is 354 g/mol. The molecule has 0 fully saturated rings. The summed E-state index contributed by atoms with van der Waals surface area (Å²) in [5, 5.41) is 2.71. The second kappa shape index (κ2) is 6.06. The van der Waals surface area contributed by atoms with Gasteiger partial charge in [0.1, 0.15) is 11.4 Å². The Bertz CT molecular complexity index is 1090. The summed E-state index contributed by atoms with van der Waals surface area (Å²) in [5.41, 5.74) is 1.73. The van der Waals surface area contributed by atoms with Gasteiger partial charge in [-0.2, -0.15) is 0 Å². The number of rotatable bonds is 4. The van der Waals surface area contributed by atoms with Crippen LogP contribution >= 0.6 is 11.3 Å². The van der Waals surface area contributed by atoms with E-state index in [0.29, 0.717) is 5.75 Å². The fraction of sp³-hybridized carbons (Fsp3) is 0.0588. The van der Waals surface area contributed by atoms with Crippen molar-refractivity contribution >= 4 is 27.2 Å². The average Bonchev–Trinajstić information content (AvgIpc) is 3.22. The van der Waals surface area contributed by atoms with Gasteiger partial charge in [-0.1, -0.05) is 0 Å². The predicted molar refractivity (Wildman–Crippen MR) is 93.8 cm³/mol. The first kappa shape index (κ1) is 15.4. The van der Waals surface area contributed by atoms with Crippen molar-refractivity contribution in [1.29, 1.82) is 0 Å². The fourth-order valence-corrected chi connectivity index (χ4v) is 3.58. The van der Waals surface area contributed by atoms with E-state index in [2.05, 4.69) is 15.1 Å². The maximum absolute atomic E-state index is 14.1. The third-order valence-electron chi connectivity index (χ3n) is 3.69. The van der Waals surface area contributed by atoms with Crippen molar-refractivity contribution in [3.63, 3.8) is 0 Å². The first-order valence-corrected chi connectivity index (χ1v) is 8.13. The Labute approximate surface area is 145 Å². The van der Waals surface area contributed by atoms with Gasteiger partial charge in [-0.3, -0.25) is 4.98 Å². The Morgan fingerprint density at radius 2 is 2.12 bits per heavy atom. The summed E-state index contributed by atoms with van der Waals surface area (Å²) in [5.74, 6) is -0.130. The van der Waals surface area contributed by atoms with E-state index in [1.165, 1.54) is 23.5 Å². The van der Waals surface area contributed by atoms with Gasteiger partial charge in [-0.15, -0.1) is 16.2 Å². The Kier molecular flexibility index (Phi) is 3.73. The van der Waals surface area contributed by atoms with E-state index in [4.69, 9.17) is 4.74 Å². The third kappa shape index (κ3) is 2.76. The van der Waals surface area contributed by atoms with Gasteiger partial charge >= 0.3 is 0 Å². The number of imidazole rings is 1. The highest BCUT2D eigenvalue weighted by Gasteiger charge is 2.14. The molecule has 0 radical (unpaired) electrons. The van der Waals surface area contributed by atoms with Crippen molar-refractivity contribution in [1.82, 2.24) is 14.5 Å². The van der Waals surface area contributed by atoms with Gasteiger partial charge < -0.3 is 9.30 Å². The van der Waals surface area contributed by atoms with Crippen LogP contribution in [0.4, 0.5) is 10.1 Å². The Morgan fingerprint density at radius 1 is 1.24 bits per heavy atom. The fourth-order valence-electron chi connectivity index (χ4n) is 2.46. The maximum atomic E-state index is 14.1. The zero-order valence-corrected chi connectivity index (χ0v) is 13.8. The molecule has 0 saturated heterocycles. The number of ether oxygens (including phenoxy) is 1. The highest BCUT2D eigenvalue weighted by Crippen LogP contribution is 2.39. The molecule has 0 spiro atoms. The van der Waals surface area contributed by atoms with E-state index in [0.717, 1.165) is 26.9 Å². The first-order chi connectivity index (χ1) is 12.2. The first-order valence-electron chi connectivity index (χ1n) is 7.31. The van der Waals surface area contributed by atoms with Gasteiger partial charge in [0.2, 0.25) is 0 Å². The quantitative estimate of drug-likeness (QED) is 0.482. The summed E-state index contributed by atoms with van der Waals surface area (Å²) < 4.78 is 22.5. The minimum atomic E-state index is -0.648. The number of nitrogens with zero attached hydrogens (tertiary/aromatic N) is 4. The van der Waals surface area contributed by atoms with E-state index in [-0.39, 0.29) is 11.4 Å². The summed E-state index contributed by atoms with van der Waals surface area (Å²) >= 11 is 1.49. The van der Waals surface area contributed by atoms with Crippen molar-refractivity contribution in [3.8, 4) is 22.1 Å². The zero-order valence-electron chi connectivity index (χ0n) is 13.0. The van der Waals surface area contributed by atoms with Crippen LogP contribution in [0.15, 0.2) is 54.2 Å². The van der Waals surface area contributed by atoms with Crippen LogP contribution in [0.3, 0.4) is 0 Å². The molecular formula is C17H11FN4O2S. The second-order valence-electron chi connectivity index (χ2n) is 5.33. The van der Waals surface area contributed by atoms with Crippen molar-refractivity contribution in [2.24, 2.45) is 12.2 Å². The molecule has 0 unspecified atom stereocenters. The van der Waals surface area contributed by atoms with Crippen molar-refractivity contribution in [2.75, 3.05) is 0 Å². The molecule has 0 amide bonds. The number of aryl methyl sites for hydroxylation is 1. The lowest BCUT2D eigenvalue weighted by Gasteiger charge is -2.07. The van der Waals surface area contributed by atoms with Crippen molar-refractivity contribution in [3.05, 3.63) is 59.8 Å². The highest BCUT2D eigenvalue weighted by molar-refractivity contribution is 7.22. The molecule has 1 aromatic carbocycles. The molecular weight excluding hydrogens is 343 g/mol. The molecule has 0 saturated carbocycles. The van der Waals surface area contributed by atoms with Crippen LogP contribution < -0.4 is 4.74 Å². The van der Waals surface area contributed by atoms with Crippen LogP contribution in [0, 0.1) is 10.7 Å². The topological polar surface area (TPSA) is 69.4 Å². The molecule has 25 heavy (non-hydrogen) atoms. The maximum Gasteiger partial charge on any atom is 0.167 e. The molecule has 4 rings (SSSR count). The van der Waals surface area contributed by atoms with E-state index < -0.39 is 5.82 Å². The van der Waals surface area contributed by atoms with Crippen LogP contribution in [0.25, 0.3) is 20.8 Å². The number of pyridine rings is 1. The molecule has 0 bridgehead atoms. The normalized spacial score (nSPS) is 11.0. The number of hydrogen-bond acceptors (Lipinski definition) is 6. The van der Waals surface area contributed by atoms with Crippen LogP contribution in [0.2, 0.25) is 0 Å². The number of halogens is 1. The molecule has 0 aliphatic carbocycles. The van der Waals surface area contributed by atoms with Gasteiger partial charge in [-0.25, -0.2) is 9.37 Å². The number of fused-ring (bicyclic) bond motifs is 1. The lowest BCUT2D eigenvalue weighted by atomic mass is 10.3. The smallest absolute Gasteiger partial charge is 0.167 e. The van der Waals surface area contributed by atoms with Crippen LogP contribution in [-0.2, 0) is 7.05 Å². The summed E-state index contributed by atoms with van der Waals surface area (Å²) in [6, 6.07) is 7.44.